The highest BCUT2D eigenvalue weighted by Crippen LogP contribution is 2.32. The quantitative estimate of drug-likeness (QED) is 0.530. The van der Waals surface area contributed by atoms with Crippen LogP contribution in [0.3, 0.4) is 0 Å². The predicted octanol–water partition coefficient (Wildman–Crippen LogP) is 4.40. The van der Waals surface area contributed by atoms with Crippen molar-refractivity contribution in [3.8, 4) is 22.7 Å². The number of nitrogens with zero attached hydrogens (tertiary/aromatic N) is 3. The third-order valence-electron chi connectivity index (χ3n) is 4.03. The van der Waals surface area contributed by atoms with Crippen LogP contribution in [0.5, 0.6) is 0 Å². The molecule has 0 saturated carbocycles. The number of benzene rings is 2. The van der Waals surface area contributed by atoms with Crippen LogP contribution >= 0.6 is 0 Å². The molecular weight excluding hydrogens is 387 g/mol. The van der Waals surface area contributed by atoms with Gasteiger partial charge >= 0.3 is 6.18 Å². The lowest BCUT2D eigenvalue weighted by Crippen LogP contribution is -2.10. The Bertz CT molecular complexity index is 1150. The van der Waals surface area contributed by atoms with Crippen LogP contribution in [0.1, 0.15) is 16.1 Å². The van der Waals surface area contributed by atoms with E-state index in [4.69, 9.17) is 4.42 Å². The summed E-state index contributed by atoms with van der Waals surface area (Å²) in [5.41, 5.74) is 0.531. The zero-order chi connectivity index (χ0) is 20.4. The molecule has 0 saturated heterocycles. The third-order valence-corrected chi connectivity index (χ3v) is 4.03. The number of hydrogen-bond acceptors (Lipinski definition) is 5. The van der Waals surface area contributed by atoms with Crippen LogP contribution in [0, 0.1) is 0 Å². The van der Waals surface area contributed by atoms with E-state index in [0.717, 1.165) is 12.1 Å². The molecular formula is C19H12F3N5O2. The molecule has 4 aromatic rings. The van der Waals surface area contributed by atoms with Crippen molar-refractivity contribution in [2.45, 2.75) is 6.18 Å². The number of tetrazole rings is 1. The summed E-state index contributed by atoms with van der Waals surface area (Å²) >= 11 is 0. The molecule has 0 aliphatic rings. The molecule has 0 unspecified atom stereocenters. The van der Waals surface area contributed by atoms with E-state index >= 15 is 0 Å². The smallest absolute Gasteiger partial charge is 0.416 e. The van der Waals surface area contributed by atoms with Crippen LogP contribution in [0.25, 0.3) is 22.7 Å². The highest BCUT2D eigenvalue weighted by atomic mass is 19.4. The van der Waals surface area contributed by atoms with Crippen molar-refractivity contribution in [2.24, 2.45) is 0 Å². The van der Waals surface area contributed by atoms with Gasteiger partial charge in [0.25, 0.3) is 5.91 Å². The van der Waals surface area contributed by atoms with Gasteiger partial charge in [0.15, 0.2) is 5.76 Å². The van der Waals surface area contributed by atoms with Gasteiger partial charge in [-0.1, -0.05) is 24.3 Å². The molecule has 146 valence electrons. The molecule has 2 aromatic heterocycles. The SMILES string of the molecule is O=C(Nc1cccc(-c2nn[nH]n2)c1)c1ccc(-c2cccc(C(F)(F)F)c2)o1. The fraction of sp³-hybridized carbons (Fsp3) is 0.0526. The Kier molecular flexibility index (Phi) is 4.59. The van der Waals surface area contributed by atoms with E-state index in [0.29, 0.717) is 17.1 Å². The summed E-state index contributed by atoms with van der Waals surface area (Å²) in [7, 11) is 0. The Hall–Kier alpha value is -3.95. The van der Waals surface area contributed by atoms with Crippen molar-refractivity contribution in [3.05, 3.63) is 72.0 Å². The topological polar surface area (TPSA) is 96.7 Å². The van der Waals surface area contributed by atoms with Gasteiger partial charge < -0.3 is 9.73 Å². The maximum atomic E-state index is 12.9. The summed E-state index contributed by atoms with van der Waals surface area (Å²) in [6.45, 7) is 0. The zero-order valence-electron chi connectivity index (χ0n) is 14.6. The summed E-state index contributed by atoms with van der Waals surface area (Å²) in [5, 5.41) is 16.2. The van der Waals surface area contributed by atoms with Gasteiger partial charge in [-0.15, -0.1) is 10.2 Å². The zero-order valence-corrected chi connectivity index (χ0v) is 14.6. The first kappa shape index (κ1) is 18.4. The van der Waals surface area contributed by atoms with Crippen molar-refractivity contribution < 1.29 is 22.4 Å². The summed E-state index contributed by atoms with van der Waals surface area (Å²) in [5.74, 6) is -0.0661. The fourth-order valence-corrected chi connectivity index (χ4v) is 2.68. The molecule has 0 aliphatic carbocycles. The largest absolute Gasteiger partial charge is 0.451 e. The van der Waals surface area contributed by atoms with Crippen molar-refractivity contribution in [2.75, 3.05) is 5.32 Å². The molecule has 29 heavy (non-hydrogen) atoms. The number of carbonyl (C=O) groups excluding carboxylic acids is 1. The molecule has 2 N–H and O–H groups in total. The lowest BCUT2D eigenvalue weighted by molar-refractivity contribution is -0.137. The number of hydrogen-bond donors (Lipinski definition) is 2. The van der Waals surface area contributed by atoms with Gasteiger partial charge in [0, 0.05) is 16.8 Å². The van der Waals surface area contributed by atoms with Crippen LogP contribution in [0.2, 0.25) is 0 Å². The number of carbonyl (C=O) groups is 1. The maximum absolute atomic E-state index is 12.9. The predicted molar refractivity (Wildman–Crippen MR) is 96.7 cm³/mol. The molecule has 4 rings (SSSR count). The van der Waals surface area contributed by atoms with E-state index in [2.05, 4.69) is 25.9 Å². The number of aromatic amines is 1. The van der Waals surface area contributed by atoms with Crippen LogP contribution in [0.15, 0.2) is 65.1 Å². The van der Waals surface area contributed by atoms with Crippen molar-refractivity contribution in [3.63, 3.8) is 0 Å². The number of halogens is 3. The van der Waals surface area contributed by atoms with E-state index in [1.165, 1.54) is 24.3 Å². The van der Waals surface area contributed by atoms with Crippen molar-refractivity contribution >= 4 is 11.6 Å². The van der Waals surface area contributed by atoms with Gasteiger partial charge in [0.1, 0.15) is 5.76 Å². The normalized spacial score (nSPS) is 11.4. The van der Waals surface area contributed by atoms with E-state index in [1.807, 2.05) is 0 Å². The number of anilines is 1. The monoisotopic (exact) mass is 399 g/mol. The molecule has 10 heteroatoms. The lowest BCUT2D eigenvalue weighted by Gasteiger charge is -2.07. The summed E-state index contributed by atoms with van der Waals surface area (Å²) < 4.78 is 44.1. The standard InChI is InChI=1S/C19H12F3N5O2/c20-19(21,22)13-5-1-3-11(9-13)15-7-8-16(29-15)18(28)23-14-6-2-4-12(10-14)17-24-26-27-25-17/h1-10H,(H,23,28)(H,24,25,26,27). The Labute approximate surface area is 161 Å². The minimum Gasteiger partial charge on any atom is -0.451 e. The molecule has 0 bridgehead atoms. The van der Waals surface area contributed by atoms with E-state index in [1.54, 1.807) is 24.3 Å². The summed E-state index contributed by atoms with van der Waals surface area (Å²) in [6, 6.07) is 14.3. The highest BCUT2D eigenvalue weighted by Gasteiger charge is 2.30. The molecule has 7 nitrogen and oxygen atoms in total. The Balaban J connectivity index is 1.53. The second-order valence-corrected chi connectivity index (χ2v) is 6.01. The van der Waals surface area contributed by atoms with E-state index in [-0.39, 0.29) is 17.1 Å². The van der Waals surface area contributed by atoms with Gasteiger partial charge in [-0.05, 0) is 41.6 Å². The Morgan fingerprint density at radius 3 is 2.55 bits per heavy atom. The number of aromatic nitrogens is 4. The third kappa shape index (κ3) is 4.00. The van der Waals surface area contributed by atoms with Crippen LogP contribution in [-0.4, -0.2) is 26.5 Å². The van der Waals surface area contributed by atoms with Crippen LogP contribution in [0.4, 0.5) is 18.9 Å². The average molecular weight is 399 g/mol. The van der Waals surface area contributed by atoms with Crippen molar-refractivity contribution in [1.29, 1.82) is 0 Å². The minimum atomic E-state index is -4.47. The van der Waals surface area contributed by atoms with Gasteiger partial charge in [0.2, 0.25) is 5.82 Å². The van der Waals surface area contributed by atoms with E-state index in [9.17, 15) is 18.0 Å². The Morgan fingerprint density at radius 1 is 1.00 bits per heavy atom. The first-order valence-electron chi connectivity index (χ1n) is 8.33. The first-order valence-corrected chi connectivity index (χ1v) is 8.33. The van der Waals surface area contributed by atoms with E-state index < -0.39 is 17.6 Å². The number of amides is 1. The molecule has 0 fully saturated rings. The van der Waals surface area contributed by atoms with Gasteiger partial charge in [-0.2, -0.15) is 18.4 Å². The molecule has 0 atom stereocenters. The van der Waals surface area contributed by atoms with Gasteiger partial charge in [0.05, 0.1) is 5.56 Å². The molecule has 0 radical (unpaired) electrons. The van der Waals surface area contributed by atoms with Crippen molar-refractivity contribution in [1.82, 2.24) is 20.6 Å². The van der Waals surface area contributed by atoms with Crippen LogP contribution < -0.4 is 5.32 Å². The van der Waals surface area contributed by atoms with Crippen LogP contribution in [-0.2, 0) is 6.18 Å². The lowest BCUT2D eigenvalue weighted by atomic mass is 10.1. The van der Waals surface area contributed by atoms with Gasteiger partial charge in [-0.25, -0.2) is 0 Å². The second-order valence-electron chi connectivity index (χ2n) is 6.01. The van der Waals surface area contributed by atoms with Gasteiger partial charge in [-0.3, -0.25) is 4.79 Å². The molecule has 0 aliphatic heterocycles. The molecule has 2 aromatic carbocycles. The average Bonchev–Trinajstić information content (AvgIpc) is 3.40. The number of nitrogens with one attached hydrogen (secondary N) is 2. The number of rotatable bonds is 4. The fourth-order valence-electron chi connectivity index (χ4n) is 2.68. The highest BCUT2D eigenvalue weighted by molar-refractivity contribution is 6.02. The number of alkyl halides is 3. The second kappa shape index (κ2) is 7.23. The maximum Gasteiger partial charge on any atom is 0.416 e. The number of H-pyrrole nitrogens is 1. The minimum absolute atomic E-state index is 0.0395. The first-order chi connectivity index (χ1) is 13.9. The molecule has 1 amide bonds. The number of furan rings is 1. The summed E-state index contributed by atoms with van der Waals surface area (Å²) in [6.07, 6.45) is -4.47. The Morgan fingerprint density at radius 2 is 1.79 bits per heavy atom. The molecule has 0 spiro atoms. The molecule has 2 heterocycles. The summed E-state index contributed by atoms with van der Waals surface area (Å²) in [4.78, 5) is 12.4.